The highest BCUT2D eigenvalue weighted by Gasteiger charge is 2.40. The maximum absolute atomic E-state index is 13.3. The van der Waals surface area contributed by atoms with Crippen LogP contribution in [0.15, 0.2) is 82.6 Å². The first-order chi connectivity index (χ1) is 16.1. The smallest absolute Gasteiger partial charge is 0.261 e. The fourth-order valence-corrected chi connectivity index (χ4v) is 6.21. The summed E-state index contributed by atoms with van der Waals surface area (Å²) in [5.74, 6) is -0.488. The minimum absolute atomic E-state index is 0.0567. The lowest BCUT2D eigenvalue weighted by Crippen LogP contribution is -2.56. The molecule has 1 heterocycles. The van der Waals surface area contributed by atoms with Gasteiger partial charge in [-0.2, -0.15) is 0 Å². The predicted molar refractivity (Wildman–Crippen MR) is 124 cm³/mol. The Bertz CT molecular complexity index is 1420. The maximum Gasteiger partial charge on any atom is 0.261 e. The number of methoxy groups -OCH3 is 1. The van der Waals surface area contributed by atoms with Gasteiger partial charge >= 0.3 is 0 Å². The van der Waals surface area contributed by atoms with Crippen molar-refractivity contribution in [2.24, 2.45) is 0 Å². The SMILES string of the molecule is COc1ccc(S(=O)(=O)C2CN(C(=O)c3ccc(NS(=O)(=O)c4cccc(F)c4)cc3)C2)cc1. The van der Waals surface area contributed by atoms with Crippen LogP contribution in [0.4, 0.5) is 10.1 Å². The van der Waals surface area contributed by atoms with Crippen LogP contribution in [-0.2, 0) is 19.9 Å². The monoisotopic (exact) mass is 504 g/mol. The zero-order valence-electron chi connectivity index (χ0n) is 18.0. The first-order valence-electron chi connectivity index (χ1n) is 10.2. The molecule has 0 aromatic heterocycles. The van der Waals surface area contributed by atoms with Crippen LogP contribution >= 0.6 is 0 Å². The lowest BCUT2D eigenvalue weighted by Gasteiger charge is -2.38. The molecule has 0 aliphatic carbocycles. The molecule has 11 heteroatoms. The van der Waals surface area contributed by atoms with E-state index in [1.165, 1.54) is 60.5 Å². The Hall–Kier alpha value is -3.44. The van der Waals surface area contributed by atoms with E-state index in [4.69, 9.17) is 4.74 Å². The molecule has 1 amide bonds. The number of amides is 1. The number of sulfone groups is 1. The molecule has 1 fully saturated rings. The van der Waals surface area contributed by atoms with E-state index >= 15 is 0 Å². The second-order valence-electron chi connectivity index (χ2n) is 7.69. The summed E-state index contributed by atoms with van der Waals surface area (Å²) in [6, 6.07) is 16.4. The van der Waals surface area contributed by atoms with Gasteiger partial charge in [-0.05, 0) is 66.7 Å². The molecule has 1 N–H and O–H groups in total. The number of ether oxygens (including phenoxy) is 1. The first-order valence-corrected chi connectivity index (χ1v) is 13.2. The van der Waals surface area contributed by atoms with Gasteiger partial charge in [0, 0.05) is 24.3 Å². The molecule has 0 bridgehead atoms. The molecule has 34 heavy (non-hydrogen) atoms. The van der Waals surface area contributed by atoms with Crippen LogP contribution in [0.25, 0.3) is 0 Å². The molecular weight excluding hydrogens is 483 g/mol. The molecule has 0 unspecified atom stereocenters. The molecule has 0 atom stereocenters. The molecule has 3 aromatic carbocycles. The minimum Gasteiger partial charge on any atom is -0.497 e. The van der Waals surface area contributed by atoms with Crippen LogP contribution in [-0.4, -0.2) is 53.1 Å². The van der Waals surface area contributed by atoms with Crippen LogP contribution in [0.1, 0.15) is 10.4 Å². The van der Waals surface area contributed by atoms with Gasteiger partial charge in [-0.15, -0.1) is 0 Å². The van der Waals surface area contributed by atoms with Gasteiger partial charge in [0.2, 0.25) is 0 Å². The molecule has 8 nitrogen and oxygen atoms in total. The van der Waals surface area contributed by atoms with E-state index in [9.17, 15) is 26.0 Å². The van der Waals surface area contributed by atoms with E-state index in [1.807, 2.05) is 0 Å². The Kier molecular flexibility index (Phi) is 6.32. The number of carbonyl (C=O) groups excluding carboxylic acids is 1. The van der Waals surface area contributed by atoms with Gasteiger partial charge < -0.3 is 9.64 Å². The molecule has 4 rings (SSSR count). The third-order valence-electron chi connectivity index (χ3n) is 5.45. The van der Waals surface area contributed by atoms with Crippen molar-refractivity contribution in [2.45, 2.75) is 15.0 Å². The Morgan fingerprint density at radius 2 is 1.59 bits per heavy atom. The van der Waals surface area contributed by atoms with E-state index in [1.54, 1.807) is 12.1 Å². The van der Waals surface area contributed by atoms with Gasteiger partial charge in [0.05, 0.1) is 16.9 Å². The number of anilines is 1. The van der Waals surface area contributed by atoms with E-state index in [0.29, 0.717) is 5.75 Å². The molecular formula is C23H21FN2O6S2. The summed E-state index contributed by atoms with van der Waals surface area (Å²) in [5.41, 5.74) is 0.485. The van der Waals surface area contributed by atoms with Crippen molar-refractivity contribution in [1.29, 1.82) is 0 Å². The molecule has 178 valence electrons. The lowest BCUT2D eigenvalue weighted by molar-refractivity contribution is 0.0659. The third-order valence-corrected chi connectivity index (χ3v) is 8.94. The second-order valence-corrected chi connectivity index (χ2v) is 11.6. The first kappa shape index (κ1) is 23.7. The molecule has 0 saturated carbocycles. The summed E-state index contributed by atoms with van der Waals surface area (Å²) >= 11 is 0. The lowest BCUT2D eigenvalue weighted by atomic mass is 10.1. The maximum atomic E-state index is 13.3. The Balaban J connectivity index is 1.39. The van der Waals surface area contributed by atoms with E-state index in [-0.39, 0.29) is 40.0 Å². The molecule has 1 saturated heterocycles. The van der Waals surface area contributed by atoms with Crippen molar-refractivity contribution in [2.75, 3.05) is 24.9 Å². The average Bonchev–Trinajstić information content (AvgIpc) is 2.78. The van der Waals surface area contributed by atoms with Crippen LogP contribution in [0.2, 0.25) is 0 Å². The summed E-state index contributed by atoms with van der Waals surface area (Å²) in [6.45, 7) is 0.113. The molecule has 3 aromatic rings. The van der Waals surface area contributed by atoms with E-state index in [0.717, 1.165) is 12.1 Å². The fourth-order valence-electron chi connectivity index (χ4n) is 3.47. The topological polar surface area (TPSA) is 110 Å². The Labute approximate surface area is 197 Å². The van der Waals surface area contributed by atoms with Crippen molar-refractivity contribution in [1.82, 2.24) is 4.90 Å². The zero-order valence-corrected chi connectivity index (χ0v) is 19.6. The van der Waals surface area contributed by atoms with Crippen molar-refractivity contribution in [3.8, 4) is 5.75 Å². The second kappa shape index (κ2) is 9.07. The number of nitrogens with one attached hydrogen (secondary N) is 1. The number of hydrogen-bond acceptors (Lipinski definition) is 6. The molecule has 1 aliphatic rings. The Morgan fingerprint density at radius 1 is 0.941 bits per heavy atom. The average molecular weight is 505 g/mol. The van der Waals surface area contributed by atoms with Crippen molar-refractivity contribution in [3.63, 3.8) is 0 Å². The van der Waals surface area contributed by atoms with Crippen LogP contribution in [0.5, 0.6) is 5.75 Å². The van der Waals surface area contributed by atoms with E-state index in [2.05, 4.69) is 4.72 Å². The standard InChI is InChI=1S/C23H21FN2O6S2/c1-32-19-9-11-20(12-10-19)33(28,29)22-14-26(15-22)23(27)16-5-7-18(8-6-16)25-34(30,31)21-4-2-3-17(24)13-21/h2-13,22,25H,14-15H2,1H3. The van der Waals surface area contributed by atoms with Gasteiger partial charge in [0.25, 0.3) is 15.9 Å². The summed E-state index contributed by atoms with van der Waals surface area (Å²) in [4.78, 5) is 14.1. The number of likely N-dealkylation sites (tertiary alicyclic amines) is 1. The largest absolute Gasteiger partial charge is 0.497 e. The van der Waals surface area contributed by atoms with Crippen LogP contribution in [0, 0.1) is 5.82 Å². The number of sulfonamides is 1. The Morgan fingerprint density at radius 3 is 2.18 bits per heavy atom. The number of hydrogen-bond donors (Lipinski definition) is 1. The summed E-state index contributed by atoms with van der Waals surface area (Å²) < 4.78 is 71.1. The highest BCUT2D eigenvalue weighted by Crippen LogP contribution is 2.27. The third kappa shape index (κ3) is 4.75. The van der Waals surface area contributed by atoms with Crippen LogP contribution in [0.3, 0.4) is 0 Å². The highest BCUT2D eigenvalue weighted by molar-refractivity contribution is 7.92. The van der Waals surface area contributed by atoms with Crippen LogP contribution < -0.4 is 9.46 Å². The van der Waals surface area contributed by atoms with Crippen molar-refractivity contribution in [3.05, 3.63) is 84.2 Å². The van der Waals surface area contributed by atoms with E-state index < -0.39 is 30.9 Å². The number of carbonyl (C=O) groups is 1. The molecule has 1 aliphatic heterocycles. The highest BCUT2D eigenvalue weighted by atomic mass is 32.2. The number of benzene rings is 3. The van der Waals surface area contributed by atoms with Gasteiger partial charge in [-0.25, -0.2) is 21.2 Å². The predicted octanol–water partition coefficient (Wildman–Crippen LogP) is 2.93. The summed E-state index contributed by atoms with van der Waals surface area (Å²) in [6.07, 6.45) is 0. The van der Waals surface area contributed by atoms with Crippen molar-refractivity contribution >= 4 is 31.5 Å². The number of rotatable bonds is 7. The van der Waals surface area contributed by atoms with Crippen molar-refractivity contribution < 1.29 is 30.8 Å². The fraction of sp³-hybridized carbons (Fsp3) is 0.174. The number of nitrogens with zero attached hydrogens (tertiary/aromatic N) is 1. The van der Waals surface area contributed by atoms with Gasteiger partial charge in [0.1, 0.15) is 16.8 Å². The normalized spacial score (nSPS) is 14.4. The number of halogens is 1. The zero-order chi connectivity index (χ0) is 24.5. The van der Waals surface area contributed by atoms with Gasteiger partial charge in [-0.1, -0.05) is 6.07 Å². The summed E-state index contributed by atoms with van der Waals surface area (Å²) in [7, 11) is -6.09. The van der Waals surface area contributed by atoms with Gasteiger partial charge in [0.15, 0.2) is 9.84 Å². The quantitative estimate of drug-likeness (QED) is 0.530. The molecule has 0 spiro atoms. The van der Waals surface area contributed by atoms with Gasteiger partial charge in [-0.3, -0.25) is 9.52 Å². The molecule has 0 radical (unpaired) electrons. The minimum atomic E-state index is -3.99. The summed E-state index contributed by atoms with van der Waals surface area (Å²) in [5, 5.41) is -0.706.